The molecule has 0 saturated heterocycles. The van der Waals surface area contributed by atoms with E-state index in [4.69, 9.17) is 10.5 Å². The number of hydrogen-bond donors (Lipinski definition) is 1. The molecule has 0 aliphatic heterocycles. The number of methoxy groups -OCH3 is 1. The summed E-state index contributed by atoms with van der Waals surface area (Å²) in [4.78, 5) is 8.74. The van der Waals surface area contributed by atoms with Crippen LogP contribution in [-0.2, 0) is 4.74 Å². The Bertz CT molecular complexity index is 356. The van der Waals surface area contributed by atoms with Crippen LogP contribution in [-0.4, -0.2) is 17.1 Å². The van der Waals surface area contributed by atoms with Crippen LogP contribution < -0.4 is 5.73 Å². The maximum atomic E-state index is 5.82. The molecule has 1 aromatic heterocycles. The molecule has 1 saturated carbocycles. The average Bonchev–Trinajstić information content (AvgIpc) is 2.99. The Morgan fingerprint density at radius 3 is 2.60 bits per heavy atom. The fourth-order valence-electron chi connectivity index (χ4n) is 1.64. The minimum atomic E-state index is 0.0167. The molecule has 0 amide bonds. The lowest BCUT2D eigenvalue weighted by atomic mass is 10.2. The van der Waals surface area contributed by atoms with E-state index >= 15 is 0 Å². The number of nitrogens with two attached hydrogens (primary N) is 1. The number of anilines is 1. The third-order valence-electron chi connectivity index (χ3n) is 2.62. The zero-order chi connectivity index (χ0) is 11.0. The smallest absolute Gasteiger partial charge is 0.160 e. The van der Waals surface area contributed by atoms with Gasteiger partial charge in [-0.2, -0.15) is 0 Å². The van der Waals surface area contributed by atoms with Crippen LogP contribution in [0.25, 0.3) is 0 Å². The molecule has 1 unspecified atom stereocenters. The fourth-order valence-corrected chi connectivity index (χ4v) is 1.88. The van der Waals surface area contributed by atoms with E-state index in [0.717, 1.165) is 15.1 Å². The zero-order valence-electron chi connectivity index (χ0n) is 8.83. The predicted molar refractivity (Wildman–Crippen MR) is 66.4 cm³/mol. The van der Waals surface area contributed by atoms with Crippen molar-refractivity contribution >= 4 is 28.4 Å². The highest BCUT2D eigenvalue weighted by atomic mass is 127. The monoisotopic (exact) mass is 319 g/mol. The average molecular weight is 319 g/mol. The molecule has 5 heteroatoms. The van der Waals surface area contributed by atoms with E-state index in [0.29, 0.717) is 11.7 Å². The summed E-state index contributed by atoms with van der Waals surface area (Å²) in [5.74, 6) is 1.87. The molecule has 0 bridgehead atoms. The van der Waals surface area contributed by atoms with Crippen molar-refractivity contribution < 1.29 is 4.74 Å². The number of rotatable bonds is 3. The molecule has 4 nitrogen and oxygen atoms in total. The lowest BCUT2D eigenvalue weighted by molar-refractivity contribution is 0.0771. The first kappa shape index (κ1) is 11.1. The van der Waals surface area contributed by atoms with Crippen molar-refractivity contribution in [3.8, 4) is 0 Å². The number of aromatic nitrogens is 2. The van der Waals surface area contributed by atoms with Crippen molar-refractivity contribution in [3.05, 3.63) is 15.1 Å². The highest BCUT2D eigenvalue weighted by molar-refractivity contribution is 14.1. The van der Waals surface area contributed by atoms with E-state index in [9.17, 15) is 0 Å². The molecule has 2 rings (SSSR count). The van der Waals surface area contributed by atoms with Gasteiger partial charge in [-0.05, 0) is 48.3 Å². The van der Waals surface area contributed by atoms with Crippen LogP contribution in [0.15, 0.2) is 0 Å². The van der Waals surface area contributed by atoms with Crippen molar-refractivity contribution in [2.75, 3.05) is 12.8 Å². The van der Waals surface area contributed by atoms with Gasteiger partial charge in [-0.25, -0.2) is 9.97 Å². The summed E-state index contributed by atoms with van der Waals surface area (Å²) in [6, 6.07) is 0. The molecular weight excluding hydrogens is 305 g/mol. The van der Waals surface area contributed by atoms with E-state index in [1.165, 1.54) is 12.8 Å². The molecule has 1 heterocycles. The number of hydrogen-bond acceptors (Lipinski definition) is 4. The Balaban J connectivity index is 2.34. The normalized spacial score (nSPS) is 17.8. The van der Waals surface area contributed by atoms with Gasteiger partial charge in [0.15, 0.2) is 5.82 Å². The summed E-state index contributed by atoms with van der Waals surface area (Å²) in [6.07, 6.45) is 2.42. The maximum absolute atomic E-state index is 5.82. The Kier molecular flexibility index (Phi) is 3.11. The summed E-state index contributed by atoms with van der Waals surface area (Å²) < 4.78 is 6.36. The number of nitrogens with zero attached hydrogens (tertiary/aromatic N) is 2. The van der Waals surface area contributed by atoms with E-state index in [2.05, 4.69) is 32.6 Å². The lowest BCUT2D eigenvalue weighted by Crippen LogP contribution is -2.12. The van der Waals surface area contributed by atoms with E-state index < -0.39 is 0 Å². The first-order valence-corrected chi connectivity index (χ1v) is 6.03. The number of ether oxygens (including phenoxy) is 1. The molecule has 1 fully saturated rings. The minimum Gasteiger partial charge on any atom is -0.383 e. The second kappa shape index (κ2) is 4.21. The van der Waals surface area contributed by atoms with Crippen molar-refractivity contribution in [2.45, 2.75) is 25.9 Å². The minimum absolute atomic E-state index is 0.0167. The van der Waals surface area contributed by atoms with Crippen LogP contribution in [0.4, 0.5) is 5.82 Å². The molecule has 0 aromatic carbocycles. The van der Waals surface area contributed by atoms with Gasteiger partial charge in [0.25, 0.3) is 0 Å². The number of aryl methyl sites for hydroxylation is 1. The molecule has 82 valence electrons. The molecular formula is C10H14IN3O. The van der Waals surface area contributed by atoms with Gasteiger partial charge in [0.2, 0.25) is 0 Å². The van der Waals surface area contributed by atoms with Gasteiger partial charge < -0.3 is 10.5 Å². The van der Waals surface area contributed by atoms with Crippen LogP contribution in [0.1, 0.15) is 30.5 Å². The standard InChI is InChI=1S/C10H14IN3O/c1-5-7(11)9(12)14-10(13-5)8(15-2)6-3-4-6/h6,8H,3-4H2,1-2H3,(H2,12,13,14). The Labute approximate surface area is 103 Å². The predicted octanol–water partition coefficient (Wildman–Crippen LogP) is 2.07. The molecule has 0 spiro atoms. The van der Waals surface area contributed by atoms with Crippen molar-refractivity contribution in [2.24, 2.45) is 5.92 Å². The first-order valence-electron chi connectivity index (χ1n) is 4.95. The van der Waals surface area contributed by atoms with Crippen LogP contribution in [0, 0.1) is 16.4 Å². The Morgan fingerprint density at radius 2 is 2.13 bits per heavy atom. The third kappa shape index (κ3) is 2.23. The summed E-state index contributed by atoms with van der Waals surface area (Å²) in [7, 11) is 1.70. The number of nitrogen functional groups attached to an aromatic ring is 1. The van der Waals surface area contributed by atoms with Crippen LogP contribution in [0.2, 0.25) is 0 Å². The quantitative estimate of drug-likeness (QED) is 0.867. The number of halogens is 1. The summed E-state index contributed by atoms with van der Waals surface area (Å²) in [5, 5.41) is 0. The molecule has 15 heavy (non-hydrogen) atoms. The Hall–Kier alpha value is -0.430. The topological polar surface area (TPSA) is 61.0 Å². The summed E-state index contributed by atoms with van der Waals surface area (Å²) in [6.45, 7) is 1.95. The summed E-state index contributed by atoms with van der Waals surface area (Å²) in [5.41, 5.74) is 6.75. The largest absolute Gasteiger partial charge is 0.383 e. The van der Waals surface area contributed by atoms with E-state index in [-0.39, 0.29) is 6.10 Å². The van der Waals surface area contributed by atoms with Gasteiger partial charge in [0.1, 0.15) is 11.9 Å². The SMILES string of the molecule is COC(c1nc(C)c(I)c(N)n1)C1CC1. The molecule has 2 N–H and O–H groups in total. The molecule has 1 atom stereocenters. The van der Waals surface area contributed by atoms with Gasteiger partial charge in [0.05, 0.1) is 9.26 Å². The van der Waals surface area contributed by atoms with Crippen molar-refractivity contribution in [1.82, 2.24) is 9.97 Å². The van der Waals surface area contributed by atoms with E-state index in [1.807, 2.05) is 6.92 Å². The van der Waals surface area contributed by atoms with Gasteiger partial charge in [0, 0.05) is 7.11 Å². The fraction of sp³-hybridized carbons (Fsp3) is 0.600. The van der Waals surface area contributed by atoms with Gasteiger partial charge in [-0.15, -0.1) is 0 Å². The van der Waals surface area contributed by atoms with Crippen molar-refractivity contribution in [3.63, 3.8) is 0 Å². The van der Waals surface area contributed by atoms with Crippen LogP contribution >= 0.6 is 22.6 Å². The highest BCUT2D eigenvalue weighted by Gasteiger charge is 2.34. The van der Waals surface area contributed by atoms with Gasteiger partial charge >= 0.3 is 0 Å². The maximum Gasteiger partial charge on any atom is 0.160 e. The van der Waals surface area contributed by atoms with Crippen LogP contribution in [0.5, 0.6) is 0 Å². The zero-order valence-corrected chi connectivity index (χ0v) is 11.0. The van der Waals surface area contributed by atoms with Gasteiger partial charge in [-0.3, -0.25) is 0 Å². The lowest BCUT2D eigenvalue weighted by Gasteiger charge is -2.14. The van der Waals surface area contributed by atoms with E-state index in [1.54, 1.807) is 7.11 Å². The van der Waals surface area contributed by atoms with Crippen LogP contribution in [0.3, 0.4) is 0 Å². The molecule has 1 aliphatic rings. The summed E-state index contributed by atoms with van der Waals surface area (Å²) >= 11 is 2.16. The second-order valence-corrected chi connectivity index (χ2v) is 4.94. The third-order valence-corrected chi connectivity index (χ3v) is 3.95. The molecule has 1 aromatic rings. The molecule has 1 aliphatic carbocycles. The highest BCUT2D eigenvalue weighted by Crippen LogP contribution is 2.42. The van der Waals surface area contributed by atoms with Crippen molar-refractivity contribution in [1.29, 1.82) is 0 Å². The molecule has 0 radical (unpaired) electrons. The first-order chi connectivity index (χ1) is 7.13. The Morgan fingerprint density at radius 1 is 1.47 bits per heavy atom. The second-order valence-electron chi connectivity index (χ2n) is 3.86. The van der Waals surface area contributed by atoms with Gasteiger partial charge in [-0.1, -0.05) is 0 Å².